The van der Waals surface area contributed by atoms with Crippen molar-refractivity contribution >= 4 is 0 Å². The second kappa shape index (κ2) is 12.9. The summed E-state index contributed by atoms with van der Waals surface area (Å²) in [6, 6.07) is 8.81. The molecule has 18 nitrogen and oxygen atoms in total. The molecule has 0 aliphatic carbocycles. The van der Waals surface area contributed by atoms with Crippen molar-refractivity contribution in [1.82, 2.24) is 15.4 Å². The van der Waals surface area contributed by atoms with Crippen molar-refractivity contribution in [1.29, 1.82) is 0 Å². The first-order valence-electron chi connectivity index (χ1n) is 12.8. The number of hydrogen-bond donors (Lipinski definition) is 0. The van der Waals surface area contributed by atoms with Gasteiger partial charge < -0.3 is 14.2 Å². The lowest BCUT2D eigenvalue weighted by molar-refractivity contribution is -0.711. The fourth-order valence-electron chi connectivity index (χ4n) is 4.41. The molecule has 45 heavy (non-hydrogen) atoms. The zero-order valence-corrected chi connectivity index (χ0v) is 24.5. The minimum absolute atomic E-state index is 0.0252. The summed E-state index contributed by atoms with van der Waals surface area (Å²) < 4.78 is 18.1. The van der Waals surface area contributed by atoms with Gasteiger partial charge in [-0.2, -0.15) is 0 Å². The monoisotopic (exact) mass is 624 g/mol. The van der Waals surface area contributed by atoms with Gasteiger partial charge in [-0.3, -0.25) is 14.5 Å². The van der Waals surface area contributed by atoms with Crippen LogP contribution < -0.4 is 28.7 Å². The van der Waals surface area contributed by atoms with Crippen LogP contribution in [0.15, 0.2) is 36.4 Å². The fourth-order valence-corrected chi connectivity index (χ4v) is 4.41. The van der Waals surface area contributed by atoms with Gasteiger partial charge in [-0.1, -0.05) is 10.2 Å². The van der Waals surface area contributed by atoms with E-state index in [1.807, 2.05) is 0 Å². The van der Waals surface area contributed by atoms with Crippen LogP contribution in [0.1, 0.15) is 33.4 Å². The molecule has 0 saturated carbocycles. The summed E-state index contributed by atoms with van der Waals surface area (Å²) in [6.45, 7) is 9.49. The molecule has 1 aromatic heterocycles. The average Bonchev–Trinajstić information content (AvgIpc) is 2.92. The molecule has 234 valence electrons. The Kier molecular flexibility index (Phi) is 9.06. The zero-order chi connectivity index (χ0) is 33.0. The minimum Gasteiger partial charge on any atom is -0.446 e. The van der Waals surface area contributed by atoms with Crippen LogP contribution in [0.25, 0.3) is 0 Å². The Morgan fingerprint density at radius 2 is 0.733 bits per heavy atom. The molecule has 3 aromatic carbocycles. The van der Waals surface area contributed by atoms with Crippen molar-refractivity contribution < 1.29 is 44.0 Å². The Morgan fingerprint density at radius 1 is 0.467 bits per heavy atom. The van der Waals surface area contributed by atoms with Crippen LogP contribution in [0, 0.1) is 71.9 Å². The number of aryl methyl sites for hydroxylation is 6. The van der Waals surface area contributed by atoms with E-state index >= 15 is 0 Å². The van der Waals surface area contributed by atoms with E-state index in [9.17, 15) is 30.3 Å². The van der Waals surface area contributed by atoms with Crippen LogP contribution >= 0.6 is 0 Å². The third-order valence-electron chi connectivity index (χ3n) is 6.11. The second-order valence-corrected chi connectivity index (χ2v) is 9.64. The predicted octanol–water partition coefficient (Wildman–Crippen LogP) is 5.81. The number of nitrogens with zero attached hydrogens (tertiary/aromatic N) is 6. The molecule has 0 bridgehead atoms. The summed E-state index contributed by atoms with van der Waals surface area (Å²) in [6.07, 6.45) is 0. The Balaban J connectivity index is 1.79. The maximum absolute atomic E-state index is 10.9. The first-order valence-corrected chi connectivity index (χ1v) is 12.8. The summed E-state index contributed by atoms with van der Waals surface area (Å²) in [4.78, 5) is 46.7. The average molecular weight is 625 g/mol. The van der Waals surface area contributed by atoms with Crippen molar-refractivity contribution in [2.24, 2.45) is 0 Å². The highest BCUT2D eigenvalue weighted by Crippen LogP contribution is 2.43. The minimum atomic E-state index is -0.928. The molecule has 0 N–H and O–H groups in total. The van der Waals surface area contributed by atoms with Crippen LogP contribution in [-0.4, -0.2) is 30.7 Å². The van der Waals surface area contributed by atoms with Crippen molar-refractivity contribution in [3.8, 4) is 52.0 Å². The van der Waals surface area contributed by atoms with Crippen molar-refractivity contribution in [2.75, 3.05) is 0 Å². The van der Waals surface area contributed by atoms with Gasteiger partial charge in [0.05, 0.1) is 0 Å². The van der Waals surface area contributed by atoms with E-state index in [0.717, 1.165) is 0 Å². The van der Waals surface area contributed by atoms with E-state index < -0.39 is 15.3 Å². The largest absolute Gasteiger partial charge is 0.446 e. The van der Waals surface area contributed by atoms with E-state index in [1.54, 1.807) is 41.5 Å². The highest BCUT2D eigenvalue weighted by molar-refractivity contribution is 5.53. The number of aromatic nitrogens is 3. The normalized spacial score (nSPS) is 10.5. The molecule has 18 heteroatoms. The van der Waals surface area contributed by atoms with Crippen LogP contribution in [0.5, 0.6) is 52.0 Å². The van der Waals surface area contributed by atoms with Gasteiger partial charge in [-0.25, -0.2) is 0 Å². The second-order valence-electron chi connectivity index (χ2n) is 9.64. The van der Waals surface area contributed by atoms with Gasteiger partial charge in [0.15, 0.2) is 0 Å². The van der Waals surface area contributed by atoms with E-state index in [0.29, 0.717) is 33.4 Å². The lowest BCUT2D eigenvalue weighted by Crippen LogP contribution is -2.07. The topological polar surface area (TPSA) is 223 Å². The summed E-state index contributed by atoms with van der Waals surface area (Å²) in [5.41, 5.74) is 2.30. The molecule has 4 rings (SSSR count). The zero-order valence-electron chi connectivity index (χ0n) is 24.5. The van der Waals surface area contributed by atoms with Gasteiger partial charge >= 0.3 is 0 Å². The van der Waals surface area contributed by atoms with Crippen LogP contribution in [-0.2, 0) is 0 Å². The molecule has 1 heterocycles. The Bertz CT molecular complexity index is 1670. The fraction of sp³-hybridized carbons (Fsp3) is 0.222. The molecule has 0 aliphatic heterocycles. The molecule has 0 radical (unpaired) electrons. The van der Waals surface area contributed by atoms with Gasteiger partial charge in [-0.15, -0.1) is 30.3 Å². The van der Waals surface area contributed by atoms with E-state index in [2.05, 4.69) is 29.9 Å². The summed E-state index contributed by atoms with van der Waals surface area (Å²) >= 11 is 0. The third-order valence-corrected chi connectivity index (χ3v) is 6.11. The Morgan fingerprint density at radius 3 is 1.00 bits per heavy atom. The molecule has 0 amide bonds. The number of ether oxygens (including phenoxy) is 3. The first kappa shape index (κ1) is 31.6. The SMILES string of the molecule is Cc1cc(Oc2nnnc(Oc3cc(C)c(O[N+](=O)[O-])c(C)c3)c2Oc2cc(C)c(O[N+](=O)[O-])c(C)c2)cc(C)c1O[N+](=O)[O-]. The summed E-state index contributed by atoms with van der Waals surface area (Å²) in [5.74, 6) is 0.00643. The lowest BCUT2D eigenvalue weighted by Gasteiger charge is -2.17. The smallest absolute Gasteiger partial charge is 0.299 e. The molecular formula is C27H24N6O12. The van der Waals surface area contributed by atoms with Crippen molar-refractivity contribution in [3.05, 3.63) is 100 Å². The molecule has 0 spiro atoms. The first-order chi connectivity index (χ1) is 21.2. The van der Waals surface area contributed by atoms with E-state index in [-0.39, 0.29) is 52.0 Å². The predicted molar refractivity (Wildman–Crippen MR) is 151 cm³/mol. The molecular weight excluding hydrogens is 600 g/mol. The summed E-state index contributed by atoms with van der Waals surface area (Å²) in [5, 5.41) is 41.6. The third kappa shape index (κ3) is 7.55. The standard InChI is InChI=1S/C27H24N6O12/c1-13-7-19(8-14(2)22(13)43-31(34)35)40-25-26(41-20-9-15(3)23(16(4)10-20)44-32(36)37)28-30-29-27(25)42-21-11-17(5)24(18(6)12-21)45-33(38)39/h7-12H,1-6H3. The molecule has 0 fully saturated rings. The van der Waals surface area contributed by atoms with Crippen molar-refractivity contribution in [2.45, 2.75) is 41.5 Å². The Labute approximate surface area is 253 Å². The highest BCUT2D eigenvalue weighted by atomic mass is 17.0. The maximum atomic E-state index is 10.9. The molecule has 0 aliphatic rings. The van der Waals surface area contributed by atoms with E-state index in [4.69, 9.17) is 14.2 Å². The Hall–Kier alpha value is -6.33. The lowest BCUT2D eigenvalue weighted by atomic mass is 10.1. The quantitative estimate of drug-likeness (QED) is 0.134. The van der Waals surface area contributed by atoms with Gasteiger partial charge in [0, 0.05) is 0 Å². The van der Waals surface area contributed by atoms with Crippen molar-refractivity contribution in [3.63, 3.8) is 0 Å². The number of hydrogen-bond acceptors (Lipinski definition) is 15. The van der Waals surface area contributed by atoms with E-state index in [1.165, 1.54) is 36.4 Å². The molecule has 0 atom stereocenters. The summed E-state index contributed by atoms with van der Waals surface area (Å²) in [7, 11) is 0. The van der Waals surface area contributed by atoms with Crippen LogP contribution in [0.3, 0.4) is 0 Å². The maximum Gasteiger partial charge on any atom is 0.299 e. The van der Waals surface area contributed by atoms with Crippen LogP contribution in [0.2, 0.25) is 0 Å². The van der Waals surface area contributed by atoms with Gasteiger partial charge in [0.2, 0.25) is 0 Å². The van der Waals surface area contributed by atoms with Crippen LogP contribution in [0.4, 0.5) is 0 Å². The molecule has 0 saturated heterocycles. The highest BCUT2D eigenvalue weighted by Gasteiger charge is 2.23. The molecule has 4 aromatic rings. The number of rotatable bonds is 12. The van der Waals surface area contributed by atoms with Gasteiger partial charge in [0.25, 0.3) is 32.8 Å². The molecule has 0 unspecified atom stereocenters. The van der Waals surface area contributed by atoms with Gasteiger partial charge in [-0.05, 0) is 117 Å². The number of benzene rings is 3. The van der Waals surface area contributed by atoms with Gasteiger partial charge in [0.1, 0.15) is 34.5 Å².